The number of halogens is 2. The van der Waals surface area contributed by atoms with Crippen molar-refractivity contribution in [1.29, 1.82) is 0 Å². The first kappa shape index (κ1) is 16.0. The summed E-state index contributed by atoms with van der Waals surface area (Å²) in [7, 11) is 0. The molecule has 1 spiro atoms. The van der Waals surface area contributed by atoms with Crippen LogP contribution < -0.4 is 10.2 Å². The van der Waals surface area contributed by atoms with Gasteiger partial charge < -0.3 is 5.32 Å². The number of rotatable bonds is 1. The molecular weight excluding hydrogens is 412 g/mol. The Balaban J connectivity index is 1.97. The van der Waals surface area contributed by atoms with Crippen LogP contribution >= 0.6 is 39.3 Å². The molecule has 122 valence electrons. The Morgan fingerprint density at radius 1 is 1.25 bits per heavy atom. The van der Waals surface area contributed by atoms with Gasteiger partial charge in [-0.25, -0.2) is 0 Å². The lowest BCUT2D eigenvalue weighted by Crippen LogP contribution is -2.47. The fourth-order valence-corrected chi connectivity index (χ4v) is 5.21. The van der Waals surface area contributed by atoms with Crippen molar-refractivity contribution in [2.75, 3.05) is 10.2 Å². The summed E-state index contributed by atoms with van der Waals surface area (Å²) in [4.78, 5) is 26.3. The molecule has 2 amide bonds. The van der Waals surface area contributed by atoms with E-state index in [9.17, 15) is 9.59 Å². The standard InChI is InChI=1S/C17H12BrClN2O2S/c1-9-15(22)21(12-4-2-3-11(19)8-12)17(24-9)13-7-10(18)5-6-14(13)20-16(17)23/h2-9H,1H3,(H,20,23)/t9-,17-/m0/s1. The minimum Gasteiger partial charge on any atom is -0.323 e. The van der Waals surface area contributed by atoms with E-state index in [0.717, 1.165) is 15.7 Å². The van der Waals surface area contributed by atoms with E-state index >= 15 is 0 Å². The summed E-state index contributed by atoms with van der Waals surface area (Å²) in [5, 5.41) is 3.09. The van der Waals surface area contributed by atoms with Crippen molar-refractivity contribution in [2.24, 2.45) is 0 Å². The normalized spacial score (nSPS) is 25.3. The molecule has 2 atom stereocenters. The van der Waals surface area contributed by atoms with Gasteiger partial charge in [-0.15, -0.1) is 11.8 Å². The highest BCUT2D eigenvalue weighted by molar-refractivity contribution is 9.10. The monoisotopic (exact) mass is 422 g/mol. The third-order valence-corrected chi connectivity index (χ3v) is 6.41. The number of carbonyl (C=O) groups excluding carboxylic acids is 2. The number of nitrogens with zero attached hydrogens (tertiary/aromatic N) is 1. The van der Waals surface area contributed by atoms with Gasteiger partial charge in [-0.05, 0) is 43.3 Å². The molecule has 4 nitrogen and oxygen atoms in total. The fraction of sp³-hybridized carbons (Fsp3) is 0.176. The molecule has 0 radical (unpaired) electrons. The number of hydrogen-bond acceptors (Lipinski definition) is 3. The van der Waals surface area contributed by atoms with Gasteiger partial charge >= 0.3 is 0 Å². The van der Waals surface area contributed by atoms with E-state index in [1.165, 1.54) is 11.8 Å². The van der Waals surface area contributed by atoms with Gasteiger partial charge in [-0.3, -0.25) is 14.5 Å². The molecule has 1 saturated heterocycles. The summed E-state index contributed by atoms with van der Waals surface area (Å²) in [5.74, 6) is -0.316. The molecule has 0 bridgehead atoms. The molecule has 2 aliphatic rings. The van der Waals surface area contributed by atoms with E-state index in [4.69, 9.17) is 11.6 Å². The second-order valence-corrected chi connectivity index (χ2v) is 8.59. The third kappa shape index (κ3) is 2.13. The minimum atomic E-state index is -1.11. The van der Waals surface area contributed by atoms with Crippen LogP contribution in [0, 0.1) is 0 Å². The highest BCUT2D eigenvalue weighted by Crippen LogP contribution is 2.56. The van der Waals surface area contributed by atoms with Crippen molar-refractivity contribution in [2.45, 2.75) is 17.0 Å². The summed E-state index contributed by atoms with van der Waals surface area (Å²) < 4.78 is 0.857. The zero-order valence-electron chi connectivity index (χ0n) is 12.5. The van der Waals surface area contributed by atoms with Crippen molar-refractivity contribution in [3.05, 3.63) is 57.5 Å². The van der Waals surface area contributed by atoms with E-state index in [-0.39, 0.29) is 17.1 Å². The lowest BCUT2D eigenvalue weighted by atomic mass is 10.0. The fourth-order valence-electron chi connectivity index (χ4n) is 3.19. The lowest BCUT2D eigenvalue weighted by molar-refractivity contribution is -0.122. The van der Waals surface area contributed by atoms with Gasteiger partial charge in [-0.2, -0.15) is 0 Å². The predicted octanol–water partition coefficient (Wildman–Crippen LogP) is 4.38. The summed E-state index contributed by atoms with van der Waals surface area (Å²) in [6.07, 6.45) is 0. The number of fused-ring (bicyclic) bond motifs is 2. The molecule has 2 aromatic carbocycles. The minimum absolute atomic E-state index is 0.106. The average molecular weight is 424 g/mol. The number of nitrogens with one attached hydrogen (secondary N) is 1. The molecule has 2 aromatic rings. The Labute approximate surface area is 156 Å². The number of thioether (sulfide) groups is 1. The second-order valence-electron chi connectivity index (χ2n) is 5.70. The quantitative estimate of drug-likeness (QED) is 0.741. The molecule has 0 saturated carbocycles. The van der Waals surface area contributed by atoms with Crippen LogP contribution in [0.15, 0.2) is 46.9 Å². The van der Waals surface area contributed by atoms with E-state index < -0.39 is 4.87 Å². The van der Waals surface area contributed by atoms with Crippen molar-refractivity contribution >= 4 is 62.5 Å². The molecule has 1 fully saturated rings. The topological polar surface area (TPSA) is 49.4 Å². The predicted molar refractivity (Wildman–Crippen MR) is 100 cm³/mol. The number of carbonyl (C=O) groups is 2. The van der Waals surface area contributed by atoms with Gasteiger partial charge in [0.1, 0.15) is 0 Å². The van der Waals surface area contributed by atoms with Crippen molar-refractivity contribution in [3.8, 4) is 0 Å². The molecule has 24 heavy (non-hydrogen) atoms. The number of benzene rings is 2. The van der Waals surface area contributed by atoms with Gasteiger partial charge in [0.05, 0.1) is 5.25 Å². The molecular formula is C17H12BrClN2O2S. The van der Waals surface area contributed by atoms with Gasteiger partial charge in [-0.1, -0.05) is 33.6 Å². The summed E-state index contributed by atoms with van der Waals surface area (Å²) in [6.45, 7) is 1.82. The Hall–Kier alpha value is -1.50. The molecule has 0 unspecified atom stereocenters. The average Bonchev–Trinajstić information content (AvgIpc) is 2.96. The van der Waals surface area contributed by atoms with Crippen LogP contribution in [0.5, 0.6) is 0 Å². The molecule has 2 heterocycles. The van der Waals surface area contributed by atoms with E-state index in [0.29, 0.717) is 10.7 Å². The number of amides is 2. The van der Waals surface area contributed by atoms with E-state index in [2.05, 4.69) is 21.2 Å². The number of anilines is 2. The highest BCUT2D eigenvalue weighted by Gasteiger charge is 2.61. The zero-order valence-corrected chi connectivity index (χ0v) is 15.7. The molecule has 1 N–H and O–H groups in total. The Morgan fingerprint density at radius 2 is 2.04 bits per heavy atom. The molecule has 7 heteroatoms. The first-order valence-corrected chi connectivity index (χ1v) is 9.37. The first-order chi connectivity index (χ1) is 11.4. The molecule has 0 aliphatic carbocycles. The largest absolute Gasteiger partial charge is 0.323 e. The molecule has 4 rings (SSSR count). The lowest BCUT2D eigenvalue weighted by Gasteiger charge is -2.32. The van der Waals surface area contributed by atoms with Crippen LogP contribution in [-0.4, -0.2) is 17.1 Å². The van der Waals surface area contributed by atoms with Crippen molar-refractivity contribution in [1.82, 2.24) is 0 Å². The first-order valence-electron chi connectivity index (χ1n) is 7.32. The van der Waals surface area contributed by atoms with Gasteiger partial charge in [0.15, 0.2) is 0 Å². The second kappa shape index (κ2) is 5.51. The van der Waals surface area contributed by atoms with Crippen LogP contribution in [0.25, 0.3) is 0 Å². The third-order valence-electron chi connectivity index (χ3n) is 4.20. The number of hydrogen-bond donors (Lipinski definition) is 1. The van der Waals surface area contributed by atoms with Crippen LogP contribution in [0.3, 0.4) is 0 Å². The Bertz CT molecular complexity index is 891. The maximum absolute atomic E-state index is 13.0. The van der Waals surface area contributed by atoms with Gasteiger partial charge in [0.2, 0.25) is 10.8 Å². The summed E-state index contributed by atoms with van der Waals surface area (Å²) >= 11 is 10.9. The summed E-state index contributed by atoms with van der Waals surface area (Å²) in [5.41, 5.74) is 2.13. The molecule has 2 aliphatic heterocycles. The van der Waals surface area contributed by atoms with Crippen LogP contribution in [0.1, 0.15) is 12.5 Å². The molecule has 0 aromatic heterocycles. The highest BCUT2D eigenvalue weighted by atomic mass is 79.9. The van der Waals surface area contributed by atoms with E-state index in [1.807, 2.05) is 25.1 Å². The SMILES string of the molecule is C[C@@H]1S[C@@]2(C(=O)Nc3ccc(Br)cc32)N(c2cccc(Cl)c2)C1=O. The van der Waals surface area contributed by atoms with Crippen LogP contribution in [0.4, 0.5) is 11.4 Å². The Kier molecular flexibility index (Phi) is 3.67. The van der Waals surface area contributed by atoms with Gasteiger partial charge in [0, 0.05) is 26.4 Å². The zero-order chi connectivity index (χ0) is 17.1. The van der Waals surface area contributed by atoms with Crippen molar-refractivity contribution in [3.63, 3.8) is 0 Å². The van der Waals surface area contributed by atoms with Crippen molar-refractivity contribution < 1.29 is 9.59 Å². The smallest absolute Gasteiger partial charge is 0.266 e. The summed E-state index contributed by atoms with van der Waals surface area (Å²) in [6, 6.07) is 12.6. The van der Waals surface area contributed by atoms with Crippen LogP contribution in [-0.2, 0) is 14.5 Å². The maximum Gasteiger partial charge on any atom is 0.266 e. The van der Waals surface area contributed by atoms with Crippen LogP contribution in [0.2, 0.25) is 5.02 Å². The maximum atomic E-state index is 13.0. The Morgan fingerprint density at radius 3 is 2.79 bits per heavy atom. The van der Waals surface area contributed by atoms with Gasteiger partial charge in [0.25, 0.3) is 5.91 Å². The van der Waals surface area contributed by atoms with E-state index in [1.54, 1.807) is 29.2 Å².